The molecular formula is C11H19N3S. The summed E-state index contributed by atoms with van der Waals surface area (Å²) < 4.78 is 3.91. The van der Waals surface area contributed by atoms with Gasteiger partial charge in [-0.3, -0.25) is 5.41 Å². The Labute approximate surface area is 97.3 Å². The predicted molar refractivity (Wildman–Crippen MR) is 69.3 cm³/mol. The van der Waals surface area contributed by atoms with Crippen molar-refractivity contribution in [3.05, 3.63) is 11.6 Å². The number of nitrogens with zero attached hydrogens (tertiary/aromatic N) is 2. The molecule has 0 bridgehead atoms. The van der Waals surface area contributed by atoms with Crippen LogP contribution in [0, 0.1) is 5.41 Å². The van der Waals surface area contributed by atoms with Gasteiger partial charge in [-0.05, 0) is 38.3 Å². The largest absolute Gasteiger partial charge is 0.302 e. The van der Waals surface area contributed by atoms with Crippen molar-refractivity contribution in [3.8, 4) is 0 Å². The summed E-state index contributed by atoms with van der Waals surface area (Å²) in [6.07, 6.45) is 5.02. The van der Waals surface area contributed by atoms with Crippen molar-refractivity contribution in [3.63, 3.8) is 0 Å². The maximum absolute atomic E-state index is 8.06. The van der Waals surface area contributed by atoms with Gasteiger partial charge in [0.25, 0.3) is 0 Å². The standard InChI is InChI=1S/C11H19N3S/c1-3-5-10(13-15)11(12)9-6-4-7-14(2)8-9/h6,12,15H,3-5,7-8H2,1-2H3/b12-11?,13-10-. The van der Waals surface area contributed by atoms with Gasteiger partial charge in [-0.1, -0.05) is 19.4 Å². The van der Waals surface area contributed by atoms with Gasteiger partial charge in [0.2, 0.25) is 0 Å². The van der Waals surface area contributed by atoms with Crippen molar-refractivity contribution in [2.24, 2.45) is 4.40 Å². The summed E-state index contributed by atoms with van der Waals surface area (Å²) in [5.74, 6) is 0. The molecule has 0 aromatic carbocycles. The Morgan fingerprint density at radius 1 is 1.67 bits per heavy atom. The minimum absolute atomic E-state index is 0.568. The molecule has 0 aromatic heterocycles. The number of thiol groups is 1. The van der Waals surface area contributed by atoms with Crippen molar-refractivity contribution < 1.29 is 0 Å². The third-order valence-corrected chi connectivity index (χ3v) is 2.80. The van der Waals surface area contributed by atoms with E-state index in [1.165, 1.54) is 0 Å². The maximum Gasteiger partial charge on any atom is 0.0803 e. The Hall–Kier alpha value is -0.610. The Balaban J connectivity index is 2.71. The Bertz CT molecular complexity index is 294. The second-order valence-corrected chi connectivity index (χ2v) is 4.13. The van der Waals surface area contributed by atoms with Gasteiger partial charge in [0.15, 0.2) is 0 Å². The first-order chi connectivity index (χ1) is 7.19. The van der Waals surface area contributed by atoms with Gasteiger partial charge in [0.1, 0.15) is 0 Å². The van der Waals surface area contributed by atoms with Gasteiger partial charge in [-0.15, -0.1) is 0 Å². The Morgan fingerprint density at radius 2 is 2.40 bits per heavy atom. The van der Waals surface area contributed by atoms with Crippen LogP contribution in [-0.2, 0) is 0 Å². The summed E-state index contributed by atoms with van der Waals surface area (Å²) in [4.78, 5) is 2.23. The monoisotopic (exact) mass is 225 g/mol. The van der Waals surface area contributed by atoms with E-state index >= 15 is 0 Å². The van der Waals surface area contributed by atoms with Gasteiger partial charge in [-0.2, -0.15) is 0 Å². The third-order valence-electron chi connectivity index (χ3n) is 2.56. The van der Waals surface area contributed by atoms with Crippen LogP contribution in [0.2, 0.25) is 0 Å². The SMILES string of the molecule is CCC/C(=N/S)C(=N)C1=CCCN(C)C1. The third kappa shape index (κ3) is 3.47. The van der Waals surface area contributed by atoms with Crippen LogP contribution in [0.4, 0.5) is 0 Å². The molecule has 1 heterocycles. The van der Waals surface area contributed by atoms with E-state index in [0.29, 0.717) is 5.71 Å². The fourth-order valence-corrected chi connectivity index (χ4v) is 1.92. The molecule has 0 unspecified atom stereocenters. The van der Waals surface area contributed by atoms with Gasteiger partial charge in [0, 0.05) is 13.1 Å². The molecule has 0 atom stereocenters. The van der Waals surface area contributed by atoms with Crippen molar-refractivity contribution in [1.29, 1.82) is 5.41 Å². The first-order valence-corrected chi connectivity index (χ1v) is 5.76. The first kappa shape index (κ1) is 12.5. The van der Waals surface area contributed by atoms with Gasteiger partial charge in [-0.25, -0.2) is 4.40 Å². The van der Waals surface area contributed by atoms with E-state index in [0.717, 1.165) is 43.6 Å². The van der Waals surface area contributed by atoms with Gasteiger partial charge >= 0.3 is 0 Å². The van der Waals surface area contributed by atoms with Crippen LogP contribution in [0.3, 0.4) is 0 Å². The van der Waals surface area contributed by atoms with Crippen LogP contribution in [0.15, 0.2) is 16.0 Å². The molecule has 84 valence electrons. The van der Waals surface area contributed by atoms with Crippen LogP contribution < -0.4 is 0 Å². The smallest absolute Gasteiger partial charge is 0.0803 e. The summed E-state index contributed by atoms with van der Waals surface area (Å²) in [7, 11) is 2.08. The Morgan fingerprint density at radius 3 is 2.93 bits per heavy atom. The van der Waals surface area contributed by atoms with Crippen LogP contribution in [0.5, 0.6) is 0 Å². The molecule has 0 amide bonds. The molecule has 1 aliphatic heterocycles. The molecule has 0 aliphatic carbocycles. The number of hydrogen-bond acceptors (Lipinski definition) is 4. The first-order valence-electron chi connectivity index (χ1n) is 5.36. The van der Waals surface area contributed by atoms with E-state index in [2.05, 4.69) is 42.2 Å². The maximum atomic E-state index is 8.06. The highest BCUT2D eigenvalue weighted by Gasteiger charge is 2.16. The fraction of sp³-hybridized carbons (Fsp3) is 0.636. The molecule has 3 nitrogen and oxygen atoms in total. The zero-order valence-electron chi connectivity index (χ0n) is 9.45. The molecular weight excluding hydrogens is 206 g/mol. The molecule has 0 saturated heterocycles. The van der Waals surface area contributed by atoms with Crippen molar-refractivity contribution in [2.75, 3.05) is 20.1 Å². The highest BCUT2D eigenvalue weighted by Crippen LogP contribution is 2.12. The van der Waals surface area contributed by atoms with E-state index < -0.39 is 0 Å². The second kappa shape index (κ2) is 6.08. The lowest BCUT2D eigenvalue weighted by molar-refractivity contribution is 0.360. The van der Waals surface area contributed by atoms with E-state index in [4.69, 9.17) is 5.41 Å². The molecule has 15 heavy (non-hydrogen) atoms. The van der Waals surface area contributed by atoms with E-state index in [9.17, 15) is 0 Å². The lowest BCUT2D eigenvalue weighted by atomic mass is 9.99. The zero-order valence-corrected chi connectivity index (χ0v) is 10.3. The summed E-state index contributed by atoms with van der Waals surface area (Å²) in [6, 6.07) is 0. The predicted octanol–water partition coefficient (Wildman–Crippen LogP) is 2.35. The molecule has 1 aliphatic rings. The second-order valence-electron chi connectivity index (χ2n) is 3.93. The molecule has 0 aromatic rings. The van der Waals surface area contributed by atoms with Gasteiger partial charge < -0.3 is 4.90 Å². The normalized spacial score (nSPS) is 18.9. The summed E-state index contributed by atoms with van der Waals surface area (Å²) in [6.45, 7) is 4.03. The van der Waals surface area contributed by atoms with Crippen LogP contribution in [0.1, 0.15) is 26.2 Å². The highest BCUT2D eigenvalue weighted by molar-refractivity contribution is 7.79. The van der Waals surface area contributed by atoms with Gasteiger partial charge in [0.05, 0.1) is 11.4 Å². The lowest BCUT2D eigenvalue weighted by Gasteiger charge is -2.23. The quantitative estimate of drug-likeness (QED) is 0.559. The minimum atomic E-state index is 0.568. The van der Waals surface area contributed by atoms with E-state index in [1.807, 2.05) is 0 Å². The van der Waals surface area contributed by atoms with Crippen molar-refractivity contribution >= 4 is 24.2 Å². The Kier molecular flexibility index (Phi) is 5.05. The molecule has 4 heteroatoms. The van der Waals surface area contributed by atoms with Crippen LogP contribution in [-0.4, -0.2) is 36.5 Å². The number of rotatable bonds is 4. The molecule has 0 spiro atoms. The minimum Gasteiger partial charge on any atom is -0.302 e. The molecule has 1 rings (SSSR count). The number of nitrogens with one attached hydrogen (secondary N) is 1. The summed E-state index contributed by atoms with van der Waals surface area (Å²) in [5.41, 5.74) is 2.46. The van der Waals surface area contributed by atoms with Crippen molar-refractivity contribution in [2.45, 2.75) is 26.2 Å². The fourth-order valence-electron chi connectivity index (χ4n) is 1.72. The zero-order chi connectivity index (χ0) is 11.3. The average Bonchev–Trinajstić information content (AvgIpc) is 2.25. The summed E-state index contributed by atoms with van der Waals surface area (Å²) >= 11 is 3.94. The van der Waals surface area contributed by atoms with E-state index in [1.54, 1.807) is 0 Å². The average molecular weight is 225 g/mol. The van der Waals surface area contributed by atoms with Crippen LogP contribution >= 0.6 is 12.8 Å². The number of hydrogen-bond donors (Lipinski definition) is 2. The molecule has 0 radical (unpaired) electrons. The highest BCUT2D eigenvalue weighted by atomic mass is 32.1. The molecule has 1 N–H and O–H groups in total. The molecule has 0 saturated carbocycles. The topological polar surface area (TPSA) is 39.5 Å². The van der Waals surface area contributed by atoms with Crippen LogP contribution in [0.25, 0.3) is 0 Å². The van der Waals surface area contributed by atoms with Crippen molar-refractivity contribution in [1.82, 2.24) is 4.90 Å². The summed E-state index contributed by atoms with van der Waals surface area (Å²) in [5, 5.41) is 8.06. The lowest BCUT2D eigenvalue weighted by Crippen LogP contribution is -2.30. The molecule has 0 fully saturated rings. The number of likely N-dealkylation sites (N-methyl/N-ethyl adjacent to an activating group) is 1. The van der Waals surface area contributed by atoms with E-state index in [-0.39, 0.29) is 0 Å².